The smallest absolute Gasteiger partial charge is 0.139 e. The van der Waals surface area contributed by atoms with Crippen molar-refractivity contribution in [2.45, 2.75) is 18.9 Å². The van der Waals surface area contributed by atoms with Gasteiger partial charge in [-0.25, -0.2) is 4.98 Å². The number of pyridine rings is 1. The number of aromatic nitrogens is 2. The Morgan fingerprint density at radius 2 is 2.32 bits per heavy atom. The summed E-state index contributed by atoms with van der Waals surface area (Å²) in [6, 6.07) is 2.31. The fourth-order valence-electron chi connectivity index (χ4n) is 2.72. The molecule has 0 spiro atoms. The number of nitrogens with one attached hydrogen (secondary N) is 2. The molecule has 0 aliphatic carbocycles. The number of anilines is 1. The second-order valence-electron chi connectivity index (χ2n) is 5.28. The molecule has 22 heavy (non-hydrogen) atoms. The van der Waals surface area contributed by atoms with Crippen LogP contribution in [-0.4, -0.2) is 42.5 Å². The van der Waals surface area contributed by atoms with Gasteiger partial charge in [0.05, 0.1) is 11.7 Å². The average molecular weight is 299 g/mol. The number of allylic oxidation sites excluding steroid dienone is 1. The van der Waals surface area contributed by atoms with E-state index >= 15 is 0 Å². The molecule has 0 bridgehead atoms. The highest BCUT2D eigenvalue weighted by Crippen LogP contribution is 2.29. The fourth-order valence-corrected chi connectivity index (χ4v) is 2.72. The first kappa shape index (κ1) is 14.6. The van der Waals surface area contributed by atoms with E-state index in [1.54, 1.807) is 6.20 Å². The summed E-state index contributed by atoms with van der Waals surface area (Å²) in [6.45, 7) is 1.56. The van der Waals surface area contributed by atoms with E-state index in [1.807, 2.05) is 31.7 Å². The zero-order valence-corrected chi connectivity index (χ0v) is 12.7. The molecule has 0 amide bonds. The maximum Gasteiger partial charge on any atom is 0.139 e. The molecule has 0 atom stereocenters. The normalized spacial score (nSPS) is 17.4. The lowest BCUT2D eigenvalue weighted by molar-refractivity contribution is 0.0872. The molecular weight excluding hydrogens is 278 g/mol. The Hall–Kier alpha value is -2.34. The minimum atomic E-state index is 0.311. The quantitative estimate of drug-likeness (QED) is 0.755. The van der Waals surface area contributed by atoms with Crippen LogP contribution in [0.5, 0.6) is 0 Å². The molecule has 4 N–H and O–H groups in total. The first-order valence-electron chi connectivity index (χ1n) is 7.50. The van der Waals surface area contributed by atoms with Crippen molar-refractivity contribution in [3.63, 3.8) is 0 Å². The Balaban J connectivity index is 1.91. The van der Waals surface area contributed by atoms with Crippen LogP contribution in [-0.2, 0) is 4.74 Å². The molecule has 116 valence electrons. The van der Waals surface area contributed by atoms with E-state index in [1.165, 1.54) is 0 Å². The third-order valence-corrected chi connectivity index (χ3v) is 3.94. The Labute approximate surface area is 129 Å². The molecule has 1 aliphatic heterocycles. The third-order valence-electron chi connectivity index (χ3n) is 3.94. The molecule has 3 rings (SSSR count). The van der Waals surface area contributed by atoms with E-state index in [-0.39, 0.29) is 0 Å². The number of nitrogens with two attached hydrogens (primary N) is 1. The van der Waals surface area contributed by atoms with E-state index in [4.69, 9.17) is 10.5 Å². The van der Waals surface area contributed by atoms with Crippen molar-refractivity contribution in [2.24, 2.45) is 10.7 Å². The lowest BCUT2D eigenvalue weighted by Crippen LogP contribution is -2.18. The van der Waals surface area contributed by atoms with Gasteiger partial charge in [-0.15, -0.1) is 0 Å². The molecule has 2 aromatic rings. The Morgan fingerprint density at radius 1 is 1.50 bits per heavy atom. The zero-order valence-electron chi connectivity index (χ0n) is 12.7. The van der Waals surface area contributed by atoms with Crippen molar-refractivity contribution in [2.75, 3.05) is 25.6 Å². The molecule has 1 saturated heterocycles. The molecular formula is C16H21N5O. The van der Waals surface area contributed by atoms with Gasteiger partial charge in [0.2, 0.25) is 0 Å². The van der Waals surface area contributed by atoms with Crippen molar-refractivity contribution in [3.05, 3.63) is 30.2 Å². The van der Waals surface area contributed by atoms with Crippen molar-refractivity contribution >= 4 is 28.5 Å². The van der Waals surface area contributed by atoms with Gasteiger partial charge in [0.25, 0.3) is 0 Å². The fraction of sp³-hybridized carbons (Fsp3) is 0.375. The number of aliphatic imine (C=N–C) groups is 1. The second-order valence-corrected chi connectivity index (χ2v) is 5.28. The minimum Gasteiger partial charge on any atom is -0.404 e. The van der Waals surface area contributed by atoms with Gasteiger partial charge < -0.3 is 20.8 Å². The first-order valence-corrected chi connectivity index (χ1v) is 7.50. The number of ether oxygens (including phenoxy) is 1. The monoisotopic (exact) mass is 299 g/mol. The molecule has 1 aliphatic rings. The van der Waals surface area contributed by atoms with Crippen molar-refractivity contribution in [1.82, 2.24) is 9.97 Å². The van der Waals surface area contributed by atoms with Crippen LogP contribution in [0.15, 0.2) is 29.7 Å². The van der Waals surface area contributed by atoms with Crippen molar-refractivity contribution in [1.29, 1.82) is 0 Å². The first-order chi connectivity index (χ1) is 10.8. The summed E-state index contributed by atoms with van der Waals surface area (Å²) in [5.74, 6) is 0. The van der Waals surface area contributed by atoms with E-state index in [0.717, 1.165) is 53.9 Å². The highest BCUT2D eigenvalue weighted by atomic mass is 16.5. The summed E-state index contributed by atoms with van der Waals surface area (Å²) in [4.78, 5) is 12.2. The Kier molecular flexibility index (Phi) is 4.39. The number of aromatic amines is 1. The van der Waals surface area contributed by atoms with E-state index in [9.17, 15) is 0 Å². The number of rotatable bonds is 4. The van der Waals surface area contributed by atoms with Gasteiger partial charge in [0.1, 0.15) is 5.65 Å². The Morgan fingerprint density at radius 3 is 3.05 bits per heavy atom. The molecule has 0 radical (unpaired) electrons. The maximum absolute atomic E-state index is 5.82. The zero-order chi connectivity index (χ0) is 15.4. The molecule has 0 aromatic carbocycles. The topological polar surface area (TPSA) is 88.3 Å². The number of nitrogens with zero attached hydrogens (tertiary/aromatic N) is 2. The van der Waals surface area contributed by atoms with Gasteiger partial charge in [-0.1, -0.05) is 0 Å². The van der Waals surface area contributed by atoms with Gasteiger partial charge in [-0.2, -0.15) is 0 Å². The van der Waals surface area contributed by atoms with Crippen molar-refractivity contribution < 1.29 is 4.74 Å². The van der Waals surface area contributed by atoms with Crippen LogP contribution in [0.4, 0.5) is 5.69 Å². The van der Waals surface area contributed by atoms with Crippen LogP contribution in [0.3, 0.4) is 0 Å². The average Bonchev–Trinajstić information content (AvgIpc) is 3.04. The summed E-state index contributed by atoms with van der Waals surface area (Å²) in [5, 5.41) is 4.28. The van der Waals surface area contributed by atoms with Gasteiger partial charge in [0, 0.05) is 61.6 Å². The van der Waals surface area contributed by atoms with Crippen LogP contribution < -0.4 is 11.1 Å². The SMILES string of the molecule is CNc1c(/C(C=NC2CCOCC2)=C/N)cnc2[nH]ccc12. The molecule has 6 heteroatoms. The van der Waals surface area contributed by atoms with E-state index in [0.29, 0.717) is 6.04 Å². The summed E-state index contributed by atoms with van der Waals surface area (Å²) in [7, 11) is 1.90. The lowest BCUT2D eigenvalue weighted by Gasteiger charge is -2.18. The largest absolute Gasteiger partial charge is 0.404 e. The summed E-state index contributed by atoms with van der Waals surface area (Å²) < 4.78 is 5.36. The van der Waals surface area contributed by atoms with Crippen LogP contribution in [0.1, 0.15) is 18.4 Å². The summed E-state index contributed by atoms with van der Waals surface area (Å²) in [6.07, 6.45) is 9.06. The predicted molar refractivity (Wildman–Crippen MR) is 90.1 cm³/mol. The molecule has 0 unspecified atom stereocenters. The van der Waals surface area contributed by atoms with Crippen LogP contribution in [0.2, 0.25) is 0 Å². The highest BCUT2D eigenvalue weighted by molar-refractivity contribution is 6.14. The van der Waals surface area contributed by atoms with Crippen molar-refractivity contribution in [3.8, 4) is 0 Å². The van der Waals surface area contributed by atoms with E-state index < -0.39 is 0 Å². The standard InChI is InChI=1S/C16H21N5O/c1-18-15-13-2-5-19-16(13)21-10-14(15)11(8-17)9-20-12-3-6-22-7-4-12/h2,5,8-10,12H,3-4,6-7,17H2,1H3,(H2,18,19,21)/b11-8+,20-9?. The minimum absolute atomic E-state index is 0.311. The second kappa shape index (κ2) is 6.62. The van der Waals surface area contributed by atoms with Crippen LogP contribution >= 0.6 is 0 Å². The van der Waals surface area contributed by atoms with Gasteiger partial charge in [-0.05, 0) is 18.9 Å². The summed E-state index contributed by atoms with van der Waals surface area (Å²) in [5.41, 5.74) is 9.49. The molecule has 1 fully saturated rings. The van der Waals surface area contributed by atoms with Gasteiger partial charge >= 0.3 is 0 Å². The molecule has 0 saturated carbocycles. The number of hydrogen-bond donors (Lipinski definition) is 3. The molecule has 2 aromatic heterocycles. The van der Waals surface area contributed by atoms with Gasteiger partial charge in [-0.3, -0.25) is 4.99 Å². The van der Waals surface area contributed by atoms with E-state index in [2.05, 4.69) is 20.3 Å². The Bertz CT molecular complexity index is 698. The van der Waals surface area contributed by atoms with Crippen LogP contribution in [0, 0.1) is 0 Å². The summed E-state index contributed by atoms with van der Waals surface area (Å²) >= 11 is 0. The maximum atomic E-state index is 5.82. The van der Waals surface area contributed by atoms with Crippen LogP contribution in [0.25, 0.3) is 16.6 Å². The highest BCUT2D eigenvalue weighted by Gasteiger charge is 2.14. The molecule has 3 heterocycles. The number of hydrogen-bond acceptors (Lipinski definition) is 5. The third kappa shape index (κ3) is 2.82. The predicted octanol–water partition coefficient (Wildman–Crippen LogP) is 2.15. The van der Waals surface area contributed by atoms with Gasteiger partial charge in [0.15, 0.2) is 0 Å². The molecule has 6 nitrogen and oxygen atoms in total. The number of fused-ring (bicyclic) bond motifs is 1. The lowest BCUT2D eigenvalue weighted by atomic mass is 10.1. The number of H-pyrrole nitrogens is 1.